The minimum Gasteiger partial charge on any atom is -0.394 e. The minimum absolute atomic E-state index is 0.0961. The summed E-state index contributed by atoms with van der Waals surface area (Å²) in [7, 11) is 0. The van der Waals surface area contributed by atoms with Crippen LogP contribution in [-0.4, -0.2) is 61.6 Å². The zero-order chi connectivity index (χ0) is 26.6. The van der Waals surface area contributed by atoms with Gasteiger partial charge in [-0.15, -0.1) is 0 Å². The van der Waals surface area contributed by atoms with Crippen molar-refractivity contribution in [1.29, 1.82) is 0 Å². The van der Waals surface area contributed by atoms with Gasteiger partial charge in [-0.3, -0.25) is 0 Å². The van der Waals surface area contributed by atoms with Crippen LogP contribution in [0.5, 0.6) is 0 Å². The molecule has 0 aromatic carbocycles. The number of hydrogen-bond donors (Lipinski definition) is 2. The summed E-state index contributed by atoms with van der Waals surface area (Å²) >= 11 is 0. The molecular formula is C32H58O5. The Kier molecular flexibility index (Phi) is 10.4. The van der Waals surface area contributed by atoms with Crippen LogP contribution in [0.4, 0.5) is 0 Å². The van der Waals surface area contributed by atoms with Crippen LogP contribution in [0.3, 0.4) is 0 Å². The summed E-state index contributed by atoms with van der Waals surface area (Å²) < 4.78 is 19.6. The van der Waals surface area contributed by atoms with E-state index >= 15 is 0 Å². The molecule has 37 heavy (non-hydrogen) atoms. The van der Waals surface area contributed by atoms with Crippen LogP contribution >= 0.6 is 0 Å². The third kappa shape index (κ3) is 5.69. The van der Waals surface area contributed by atoms with Crippen LogP contribution in [0.2, 0.25) is 0 Å². The fourth-order valence-electron chi connectivity index (χ4n) is 10.1. The zero-order valence-corrected chi connectivity index (χ0v) is 24.6. The van der Waals surface area contributed by atoms with Crippen LogP contribution in [-0.2, 0) is 14.2 Å². The monoisotopic (exact) mass is 522 g/mol. The van der Waals surface area contributed by atoms with Gasteiger partial charge in [0.05, 0.1) is 44.7 Å². The molecule has 2 N–H and O–H groups in total. The fourth-order valence-corrected chi connectivity index (χ4v) is 10.1. The van der Waals surface area contributed by atoms with Crippen molar-refractivity contribution < 1.29 is 24.4 Å². The number of ether oxygens (including phenoxy) is 3. The third-order valence-electron chi connectivity index (χ3n) is 11.9. The molecule has 4 rings (SSSR count). The van der Waals surface area contributed by atoms with E-state index in [0.29, 0.717) is 54.8 Å². The second kappa shape index (κ2) is 13.0. The summed E-state index contributed by atoms with van der Waals surface area (Å²) in [6.45, 7) is 14.1. The molecule has 0 aromatic rings. The van der Waals surface area contributed by atoms with E-state index in [-0.39, 0.29) is 36.3 Å². The first-order valence-electron chi connectivity index (χ1n) is 15.9. The van der Waals surface area contributed by atoms with Crippen molar-refractivity contribution in [2.24, 2.45) is 46.3 Å². The quantitative estimate of drug-likeness (QED) is 0.280. The number of aliphatic hydroxyl groups is 2. The van der Waals surface area contributed by atoms with Gasteiger partial charge >= 0.3 is 0 Å². The van der Waals surface area contributed by atoms with Gasteiger partial charge in [0.15, 0.2) is 0 Å². The average Bonchev–Trinajstić information content (AvgIpc) is 3.24. The lowest BCUT2D eigenvalue weighted by Gasteiger charge is -2.64. The van der Waals surface area contributed by atoms with Gasteiger partial charge in [-0.25, -0.2) is 0 Å². The Hall–Kier alpha value is -0.200. The lowest BCUT2D eigenvalue weighted by molar-refractivity contribution is -0.229. The molecule has 0 aromatic heterocycles. The zero-order valence-electron chi connectivity index (χ0n) is 24.6. The second-order valence-electron chi connectivity index (χ2n) is 13.6. The van der Waals surface area contributed by atoms with Gasteiger partial charge in [-0.1, -0.05) is 53.9 Å². The summed E-state index contributed by atoms with van der Waals surface area (Å²) in [4.78, 5) is 0. The Balaban J connectivity index is 1.65. The normalized spacial score (nSPS) is 44.2. The average molecular weight is 523 g/mol. The molecular weight excluding hydrogens is 464 g/mol. The van der Waals surface area contributed by atoms with Crippen molar-refractivity contribution in [2.75, 3.05) is 33.0 Å². The van der Waals surface area contributed by atoms with Gasteiger partial charge < -0.3 is 24.4 Å². The lowest BCUT2D eigenvalue weighted by atomic mass is 9.43. The van der Waals surface area contributed by atoms with Gasteiger partial charge in [-0.2, -0.15) is 0 Å². The van der Waals surface area contributed by atoms with Crippen LogP contribution in [0.1, 0.15) is 105 Å². The van der Waals surface area contributed by atoms with E-state index < -0.39 is 0 Å². The molecule has 0 spiro atoms. The molecule has 5 heteroatoms. The minimum atomic E-state index is 0.0961. The maximum atomic E-state index is 9.73. The Bertz CT molecular complexity index is 701. The summed E-state index contributed by atoms with van der Waals surface area (Å²) in [6, 6.07) is 0. The van der Waals surface area contributed by atoms with Crippen LogP contribution in [0, 0.1) is 46.3 Å². The van der Waals surface area contributed by atoms with E-state index in [1.807, 2.05) is 0 Å². The molecule has 0 bridgehead atoms. The molecule has 0 heterocycles. The van der Waals surface area contributed by atoms with Crippen molar-refractivity contribution in [3.63, 3.8) is 0 Å². The number of aliphatic hydroxyl groups excluding tert-OH is 2. The van der Waals surface area contributed by atoms with Gasteiger partial charge in [0.2, 0.25) is 0 Å². The molecule has 4 aliphatic carbocycles. The van der Waals surface area contributed by atoms with E-state index in [2.05, 4.69) is 34.6 Å². The molecule has 0 saturated heterocycles. The van der Waals surface area contributed by atoms with Gasteiger partial charge in [0.1, 0.15) is 0 Å². The third-order valence-corrected chi connectivity index (χ3v) is 11.9. The van der Waals surface area contributed by atoms with Gasteiger partial charge in [0, 0.05) is 12.0 Å². The van der Waals surface area contributed by atoms with E-state index in [0.717, 1.165) is 32.3 Å². The summed E-state index contributed by atoms with van der Waals surface area (Å²) in [5, 5.41) is 19.4. The van der Waals surface area contributed by atoms with Crippen LogP contribution < -0.4 is 0 Å². The van der Waals surface area contributed by atoms with E-state index in [1.165, 1.54) is 44.9 Å². The largest absolute Gasteiger partial charge is 0.394 e. The SMILES string of the molecule is CCCCO[C@@H]1CC[C@@]2(C)[C@@H](C1)C[C@@H](OCCO)[C@@H]1[C@@H]2C[C@H](OCCO)[C@]2(C)[C@@H]([C@H](C)CCC)CC[C@@H]12. The molecule has 4 fully saturated rings. The maximum Gasteiger partial charge on any atom is 0.0701 e. The smallest absolute Gasteiger partial charge is 0.0701 e. The maximum absolute atomic E-state index is 9.73. The Labute approximate surface area is 227 Å². The highest BCUT2D eigenvalue weighted by molar-refractivity contribution is 5.15. The highest BCUT2D eigenvalue weighted by Gasteiger charge is 2.66. The molecule has 0 unspecified atom stereocenters. The molecule has 11 atom stereocenters. The van der Waals surface area contributed by atoms with E-state index in [9.17, 15) is 10.2 Å². The van der Waals surface area contributed by atoms with E-state index in [4.69, 9.17) is 14.2 Å². The standard InChI is InChI=1S/C32H58O5/c1-6-8-16-35-24-12-13-31(4)23(19-24)20-28(36-17-14-33)30-26-11-10-25(22(3)9-7-2)32(26,5)29(21-27(30)31)37-18-15-34/h22-30,33-34H,6-21H2,1-5H3/t22-,23+,24-,25-,26+,27+,28-,29+,30+,31+,32-/m1/s1. The van der Waals surface area contributed by atoms with Gasteiger partial charge in [-0.05, 0) is 92.3 Å². The van der Waals surface area contributed by atoms with Crippen molar-refractivity contribution in [3.8, 4) is 0 Å². The summed E-state index contributed by atoms with van der Waals surface area (Å²) in [6.07, 6.45) is 13.9. The van der Waals surface area contributed by atoms with Gasteiger partial charge in [0.25, 0.3) is 0 Å². The highest BCUT2D eigenvalue weighted by atomic mass is 16.5. The van der Waals surface area contributed by atoms with Crippen molar-refractivity contribution >= 4 is 0 Å². The van der Waals surface area contributed by atoms with Crippen molar-refractivity contribution in [1.82, 2.24) is 0 Å². The Morgan fingerprint density at radius 2 is 1.59 bits per heavy atom. The Morgan fingerprint density at radius 3 is 2.30 bits per heavy atom. The Morgan fingerprint density at radius 1 is 0.838 bits per heavy atom. The lowest BCUT2D eigenvalue weighted by Crippen LogP contribution is -2.63. The summed E-state index contributed by atoms with van der Waals surface area (Å²) in [5.41, 5.74) is 0.402. The predicted molar refractivity (Wildman–Crippen MR) is 148 cm³/mol. The van der Waals surface area contributed by atoms with Crippen molar-refractivity contribution in [3.05, 3.63) is 0 Å². The summed E-state index contributed by atoms with van der Waals surface area (Å²) in [5.74, 6) is 3.62. The van der Waals surface area contributed by atoms with Crippen LogP contribution in [0.15, 0.2) is 0 Å². The first-order valence-corrected chi connectivity index (χ1v) is 15.9. The predicted octanol–water partition coefficient (Wildman–Crippen LogP) is 6.24. The molecule has 5 nitrogen and oxygen atoms in total. The van der Waals surface area contributed by atoms with Crippen LogP contribution in [0.25, 0.3) is 0 Å². The van der Waals surface area contributed by atoms with E-state index in [1.54, 1.807) is 0 Å². The second-order valence-corrected chi connectivity index (χ2v) is 13.6. The highest BCUT2D eigenvalue weighted by Crippen LogP contribution is 2.69. The first kappa shape index (κ1) is 29.8. The topological polar surface area (TPSA) is 68.2 Å². The molecule has 4 saturated carbocycles. The number of rotatable bonds is 13. The fraction of sp³-hybridized carbons (Fsp3) is 1.00. The number of unbranched alkanes of at least 4 members (excludes halogenated alkanes) is 1. The van der Waals surface area contributed by atoms with Crippen molar-refractivity contribution in [2.45, 2.75) is 124 Å². The molecule has 0 aliphatic heterocycles. The molecule has 0 radical (unpaired) electrons. The molecule has 0 amide bonds. The number of hydrogen-bond acceptors (Lipinski definition) is 5. The molecule has 4 aliphatic rings. The first-order chi connectivity index (χ1) is 17.8. The molecule has 216 valence electrons. The number of fused-ring (bicyclic) bond motifs is 5.